The highest BCUT2D eigenvalue weighted by molar-refractivity contribution is 7.82. The van der Waals surface area contributed by atoms with Gasteiger partial charge in [-0.2, -0.15) is 12.6 Å². The van der Waals surface area contributed by atoms with Crippen LogP contribution in [0.25, 0.3) is 0 Å². The molecule has 2 heteroatoms. The number of thiol groups is 1. The Morgan fingerprint density at radius 3 is 2.00 bits per heavy atom. The molecule has 0 aromatic heterocycles. The molecule has 0 aromatic rings. The number of rotatable bonds is 0. The van der Waals surface area contributed by atoms with Crippen molar-refractivity contribution >= 4 is 24.2 Å². The van der Waals surface area contributed by atoms with Crippen molar-refractivity contribution in [2.75, 3.05) is 0 Å². The molecule has 0 nitrogen and oxygen atoms in total. The van der Waals surface area contributed by atoms with Crippen LogP contribution in [-0.4, -0.2) is 4.71 Å². The summed E-state index contributed by atoms with van der Waals surface area (Å²) in [4.78, 5) is 0. The van der Waals surface area contributed by atoms with Gasteiger partial charge in [0.1, 0.15) is 0 Å². The first-order chi connectivity index (χ1) is 1.73. The normalized spacial score (nSPS) is 15.8. The molecule has 4 heavy (non-hydrogen) atoms. The zero-order chi connectivity index (χ0) is 3.58. The summed E-state index contributed by atoms with van der Waals surface area (Å²) in [5.74, 6) is 0. The van der Waals surface area contributed by atoms with Crippen LogP contribution in [0, 0.1) is 6.92 Å². The van der Waals surface area contributed by atoms with Crippen LogP contribution in [0.15, 0.2) is 0 Å². The van der Waals surface area contributed by atoms with Crippen molar-refractivity contribution in [2.45, 2.75) is 4.71 Å². The summed E-state index contributed by atoms with van der Waals surface area (Å²) in [7, 11) is 0. The molecule has 0 saturated heterocycles. The largest absolute Gasteiger partial charge is 0.160 e. The SMILES string of the molecule is [CH2]C(S)Cl. The predicted molar refractivity (Wildman–Crippen MR) is 24.0 cm³/mol. The van der Waals surface area contributed by atoms with Crippen molar-refractivity contribution in [3.8, 4) is 0 Å². The lowest BCUT2D eigenvalue weighted by Crippen LogP contribution is -1.65. The maximum atomic E-state index is 5.03. The van der Waals surface area contributed by atoms with E-state index in [1.54, 1.807) is 0 Å². The van der Waals surface area contributed by atoms with Crippen LogP contribution in [0.3, 0.4) is 0 Å². The first-order valence-electron chi connectivity index (χ1n) is 0.885. The molecule has 0 fully saturated rings. The van der Waals surface area contributed by atoms with Gasteiger partial charge in [0.25, 0.3) is 0 Å². The van der Waals surface area contributed by atoms with E-state index in [9.17, 15) is 0 Å². The molecule has 0 spiro atoms. The molecule has 1 unspecified atom stereocenters. The fraction of sp³-hybridized carbons (Fsp3) is 0.500. The summed E-state index contributed by atoms with van der Waals surface area (Å²) >= 11 is 8.65. The lowest BCUT2D eigenvalue weighted by atomic mass is 11.0. The molecule has 0 N–H and O–H groups in total. The lowest BCUT2D eigenvalue weighted by Gasteiger charge is -1.75. The molecule has 0 amide bonds. The third kappa shape index (κ3) is 17.3. The Kier molecular flexibility index (Phi) is 2.22. The van der Waals surface area contributed by atoms with E-state index >= 15 is 0 Å². The summed E-state index contributed by atoms with van der Waals surface area (Å²) < 4.78 is -0.250. The van der Waals surface area contributed by atoms with E-state index in [1.165, 1.54) is 0 Å². The Bertz CT molecular complexity index is 10.8. The zero-order valence-electron chi connectivity index (χ0n) is 2.11. The molecule has 0 rings (SSSR count). The van der Waals surface area contributed by atoms with Crippen molar-refractivity contribution in [1.82, 2.24) is 0 Å². The molecular formula is C2H4ClS. The second-order valence-electron chi connectivity index (χ2n) is 0.434. The third-order valence-corrected chi connectivity index (χ3v) is 0. The quantitative estimate of drug-likeness (QED) is 0.341. The molecule has 0 aliphatic carbocycles. The van der Waals surface area contributed by atoms with Crippen molar-refractivity contribution in [3.05, 3.63) is 6.92 Å². The molecule has 1 atom stereocenters. The number of alkyl halides is 1. The maximum Gasteiger partial charge on any atom is 0.0760 e. The Balaban J connectivity index is 2.32. The first-order valence-corrected chi connectivity index (χ1v) is 1.84. The molecule has 0 aromatic carbocycles. The van der Waals surface area contributed by atoms with Crippen LogP contribution >= 0.6 is 24.2 Å². The van der Waals surface area contributed by atoms with Gasteiger partial charge in [-0.1, -0.05) is 0 Å². The number of hydrogen-bond donors (Lipinski definition) is 1. The highest BCUT2D eigenvalue weighted by Crippen LogP contribution is 1.93. The van der Waals surface area contributed by atoms with Gasteiger partial charge in [-0.05, 0) is 6.92 Å². The van der Waals surface area contributed by atoms with Gasteiger partial charge in [-0.25, -0.2) is 0 Å². The Labute approximate surface area is 36.6 Å². The van der Waals surface area contributed by atoms with E-state index in [4.69, 9.17) is 11.6 Å². The molecule has 0 aliphatic heterocycles. The van der Waals surface area contributed by atoms with E-state index in [-0.39, 0.29) is 4.71 Å². The van der Waals surface area contributed by atoms with Gasteiger partial charge >= 0.3 is 0 Å². The first kappa shape index (κ1) is 4.64. The topological polar surface area (TPSA) is 0 Å². The van der Waals surface area contributed by atoms with Crippen LogP contribution in [0.2, 0.25) is 0 Å². The number of halogens is 1. The highest BCUT2D eigenvalue weighted by atomic mass is 35.5. The predicted octanol–water partition coefficient (Wildman–Crippen LogP) is 1.32. The van der Waals surface area contributed by atoms with Gasteiger partial charge in [0, 0.05) is 0 Å². The molecule has 0 heterocycles. The molecular weight excluding hydrogens is 91.5 g/mol. The molecule has 25 valence electrons. The Morgan fingerprint density at radius 2 is 2.00 bits per heavy atom. The average molecular weight is 95.6 g/mol. The lowest BCUT2D eigenvalue weighted by molar-refractivity contribution is 1.68. The van der Waals surface area contributed by atoms with E-state index in [0.29, 0.717) is 0 Å². The summed E-state index contributed by atoms with van der Waals surface area (Å²) in [6.07, 6.45) is 0. The average Bonchev–Trinajstić information content (AvgIpc) is 0.811. The molecule has 1 radical (unpaired) electrons. The summed E-state index contributed by atoms with van der Waals surface area (Å²) in [5, 5.41) is 0. The van der Waals surface area contributed by atoms with Crippen LogP contribution in [0.5, 0.6) is 0 Å². The summed E-state index contributed by atoms with van der Waals surface area (Å²) in [6.45, 7) is 3.27. The molecule has 0 bridgehead atoms. The van der Waals surface area contributed by atoms with E-state index in [0.717, 1.165) is 0 Å². The van der Waals surface area contributed by atoms with E-state index < -0.39 is 0 Å². The van der Waals surface area contributed by atoms with E-state index in [1.807, 2.05) is 0 Å². The van der Waals surface area contributed by atoms with Gasteiger partial charge in [-0.15, -0.1) is 11.6 Å². The standard InChI is InChI=1S/C2H4ClS/c1-2(3)4/h2,4H,1H2. The molecule has 0 aliphatic rings. The zero-order valence-corrected chi connectivity index (χ0v) is 3.76. The van der Waals surface area contributed by atoms with E-state index in [2.05, 4.69) is 19.6 Å². The smallest absolute Gasteiger partial charge is 0.0760 e. The van der Waals surface area contributed by atoms with Gasteiger partial charge in [-0.3, -0.25) is 0 Å². The number of hydrogen-bond acceptors (Lipinski definition) is 1. The van der Waals surface area contributed by atoms with Crippen LogP contribution in [0.4, 0.5) is 0 Å². The fourth-order valence-electron chi connectivity index (χ4n) is 0. The van der Waals surface area contributed by atoms with Crippen molar-refractivity contribution in [2.24, 2.45) is 0 Å². The minimum atomic E-state index is -0.250. The van der Waals surface area contributed by atoms with Crippen molar-refractivity contribution in [1.29, 1.82) is 0 Å². The maximum absolute atomic E-state index is 5.03. The highest BCUT2D eigenvalue weighted by Gasteiger charge is 1.72. The van der Waals surface area contributed by atoms with Gasteiger partial charge in [0.2, 0.25) is 0 Å². The molecule has 0 saturated carbocycles. The monoisotopic (exact) mass is 95.0 g/mol. The second-order valence-corrected chi connectivity index (χ2v) is 1.89. The summed E-state index contributed by atoms with van der Waals surface area (Å²) in [6, 6.07) is 0. The van der Waals surface area contributed by atoms with Crippen LogP contribution in [-0.2, 0) is 0 Å². The minimum Gasteiger partial charge on any atom is -0.160 e. The van der Waals surface area contributed by atoms with Crippen molar-refractivity contribution < 1.29 is 0 Å². The summed E-state index contributed by atoms with van der Waals surface area (Å²) in [5.41, 5.74) is 0. The Hall–Kier alpha value is 0.640. The van der Waals surface area contributed by atoms with Gasteiger partial charge < -0.3 is 0 Å². The van der Waals surface area contributed by atoms with Crippen LogP contribution < -0.4 is 0 Å². The van der Waals surface area contributed by atoms with Crippen molar-refractivity contribution in [3.63, 3.8) is 0 Å². The fourth-order valence-corrected chi connectivity index (χ4v) is 0. The second kappa shape index (κ2) is 1.91. The minimum absolute atomic E-state index is 0.250. The van der Waals surface area contributed by atoms with Gasteiger partial charge in [0.15, 0.2) is 0 Å². The Morgan fingerprint density at radius 1 is 2.00 bits per heavy atom. The van der Waals surface area contributed by atoms with Gasteiger partial charge in [0.05, 0.1) is 4.71 Å². The van der Waals surface area contributed by atoms with Crippen LogP contribution in [0.1, 0.15) is 0 Å². The third-order valence-electron chi connectivity index (χ3n) is 0.